The summed E-state index contributed by atoms with van der Waals surface area (Å²) >= 11 is 0. The van der Waals surface area contributed by atoms with Crippen molar-refractivity contribution in [3.05, 3.63) is 17.5 Å². The molecule has 0 aliphatic carbocycles. The lowest BCUT2D eigenvalue weighted by molar-refractivity contribution is -0.00833. The average molecular weight is 351 g/mol. The van der Waals surface area contributed by atoms with Gasteiger partial charge >= 0.3 is 0 Å². The lowest BCUT2D eigenvalue weighted by atomic mass is 10.0. The number of ether oxygens (including phenoxy) is 1. The maximum atomic E-state index is 5.45. The molecule has 0 saturated carbocycles. The fourth-order valence-electron chi connectivity index (χ4n) is 3.14. The Morgan fingerprint density at radius 1 is 1.28 bits per heavy atom. The number of morpholine rings is 1. The smallest absolute Gasteiger partial charge is 0.191 e. The highest BCUT2D eigenvalue weighted by atomic mass is 16.5. The summed E-state index contributed by atoms with van der Waals surface area (Å²) in [6, 6.07) is 2.11. The van der Waals surface area contributed by atoms with Gasteiger partial charge in [0.25, 0.3) is 0 Å². The van der Waals surface area contributed by atoms with Crippen molar-refractivity contribution in [3.8, 4) is 0 Å². The van der Waals surface area contributed by atoms with Crippen molar-refractivity contribution < 1.29 is 4.74 Å². The molecule has 2 heterocycles. The second-order valence-corrected chi connectivity index (χ2v) is 7.27. The lowest BCUT2D eigenvalue weighted by Gasteiger charge is -2.41. The van der Waals surface area contributed by atoms with E-state index < -0.39 is 0 Å². The lowest BCUT2D eigenvalue weighted by Crippen LogP contribution is -2.56. The Balaban J connectivity index is 1.70. The predicted octanol–water partition coefficient (Wildman–Crippen LogP) is 1.17. The Morgan fingerprint density at radius 3 is 2.60 bits per heavy atom. The first-order valence-corrected chi connectivity index (χ1v) is 9.21. The Hall–Kier alpha value is -1.60. The first-order chi connectivity index (χ1) is 11.9. The maximum Gasteiger partial charge on any atom is 0.191 e. The fourth-order valence-corrected chi connectivity index (χ4v) is 3.14. The van der Waals surface area contributed by atoms with Gasteiger partial charge in [0, 0.05) is 51.0 Å². The van der Waals surface area contributed by atoms with Gasteiger partial charge in [-0.15, -0.1) is 0 Å². The predicted molar refractivity (Wildman–Crippen MR) is 102 cm³/mol. The molecule has 2 rings (SSSR count). The van der Waals surface area contributed by atoms with E-state index >= 15 is 0 Å². The van der Waals surface area contributed by atoms with Gasteiger partial charge in [0.2, 0.25) is 0 Å². The second-order valence-electron chi connectivity index (χ2n) is 7.27. The number of aliphatic imine (C=N–C) groups is 1. The van der Waals surface area contributed by atoms with Crippen LogP contribution in [0, 0.1) is 13.8 Å². The van der Waals surface area contributed by atoms with E-state index in [-0.39, 0.29) is 5.54 Å². The van der Waals surface area contributed by atoms with E-state index in [1.54, 1.807) is 0 Å². The number of nitrogens with one attached hydrogen (secondary N) is 2. The van der Waals surface area contributed by atoms with E-state index in [4.69, 9.17) is 4.74 Å². The third-order valence-electron chi connectivity index (χ3n) is 4.72. The molecule has 1 fully saturated rings. The molecule has 1 aliphatic rings. The van der Waals surface area contributed by atoms with Crippen LogP contribution in [0.25, 0.3) is 0 Å². The molecule has 1 aromatic rings. The molecule has 0 spiro atoms. The largest absolute Gasteiger partial charge is 0.379 e. The van der Waals surface area contributed by atoms with Crippen LogP contribution in [0.3, 0.4) is 0 Å². The summed E-state index contributed by atoms with van der Waals surface area (Å²) in [4.78, 5) is 6.80. The highest BCUT2D eigenvalue weighted by molar-refractivity contribution is 5.79. The van der Waals surface area contributed by atoms with Crippen LogP contribution < -0.4 is 10.6 Å². The van der Waals surface area contributed by atoms with Crippen molar-refractivity contribution >= 4 is 5.96 Å². The molecule has 0 bridgehead atoms. The minimum atomic E-state index is 0.0745. The van der Waals surface area contributed by atoms with E-state index in [1.165, 1.54) is 5.69 Å². The highest BCUT2D eigenvalue weighted by Gasteiger charge is 2.28. The van der Waals surface area contributed by atoms with E-state index in [9.17, 15) is 0 Å². The molecular weight excluding hydrogens is 316 g/mol. The van der Waals surface area contributed by atoms with Crippen LogP contribution in [-0.4, -0.2) is 72.6 Å². The van der Waals surface area contributed by atoms with Crippen molar-refractivity contribution in [1.29, 1.82) is 0 Å². The van der Waals surface area contributed by atoms with Gasteiger partial charge in [0.1, 0.15) is 0 Å². The summed E-state index contributed by atoms with van der Waals surface area (Å²) in [5.41, 5.74) is 2.37. The SMILES string of the molecule is CN=C(NCCCn1nc(C)cc1C)NCC(C)(C)N1CCOCC1. The summed E-state index contributed by atoms with van der Waals surface area (Å²) in [6.07, 6.45) is 1.01. The van der Waals surface area contributed by atoms with Crippen LogP contribution in [0.5, 0.6) is 0 Å². The monoisotopic (exact) mass is 350 g/mol. The van der Waals surface area contributed by atoms with Crippen LogP contribution in [0.1, 0.15) is 31.7 Å². The summed E-state index contributed by atoms with van der Waals surface area (Å²) in [5, 5.41) is 11.3. The van der Waals surface area contributed by atoms with Gasteiger partial charge in [-0.1, -0.05) is 0 Å². The Bertz CT molecular complexity index is 560. The molecule has 0 radical (unpaired) electrons. The molecule has 25 heavy (non-hydrogen) atoms. The third-order valence-corrected chi connectivity index (χ3v) is 4.72. The van der Waals surface area contributed by atoms with Gasteiger partial charge in [0.15, 0.2) is 5.96 Å². The van der Waals surface area contributed by atoms with Crippen molar-refractivity contribution in [2.24, 2.45) is 4.99 Å². The molecule has 7 nitrogen and oxygen atoms in total. The van der Waals surface area contributed by atoms with Gasteiger partial charge in [0.05, 0.1) is 18.9 Å². The molecule has 7 heteroatoms. The molecule has 2 N–H and O–H groups in total. The molecule has 1 saturated heterocycles. The fraction of sp³-hybridized carbons (Fsp3) is 0.778. The first kappa shape index (κ1) is 19.7. The van der Waals surface area contributed by atoms with Crippen molar-refractivity contribution in [2.45, 2.75) is 46.2 Å². The number of hydrogen-bond donors (Lipinski definition) is 2. The molecular formula is C18H34N6O. The van der Waals surface area contributed by atoms with Gasteiger partial charge in [-0.2, -0.15) is 5.10 Å². The Kier molecular flexibility index (Phi) is 7.25. The molecule has 142 valence electrons. The molecule has 1 aromatic heterocycles. The van der Waals surface area contributed by atoms with E-state index in [0.717, 1.165) is 64.0 Å². The van der Waals surface area contributed by atoms with Crippen molar-refractivity contribution in [2.75, 3.05) is 46.4 Å². The first-order valence-electron chi connectivity index (χ1n) is 9.21. The van der Waals surface area contributed by atoms with Gasteiger partial charge < -0.3 is 15.4 Å². The quantitative estimate of drug-likeness (QED) is 0.439. The van der Waals surface area contributed by atoms with E-state index in [0.29, 0.717) is 0 Å². The number of aromatic nitrogens is 2. The average Bonchev–Trinajstić information content (AvgIpc) is 2.92. The molecule has 0 unspecified atom stereocenters. The van der Waals surface area contributed by atoms with Crippen LogP contribution in [0.4, 0.5) is 0 Å². The van der Waals surface area contributed by atoms with Crippen LogP contribution >= 0.6 is 0 Å². The van der Waals surface area contributed by atoms with Crippen LogP contribution in [-0.2, 0) is 11.3 Å². The normalized spacial score (nSPS) is 16.9. The van der Waals surface area contributed by atoms with Gasteiger partial charge in [-0.05, 0) is 40.2 Å². The second kappa shape index (κ2) is 9.20. The summed E-state index contributed by atoms with van der Waals surface area (Å²) in [5.74, 6) is 0.856. The topological polar surface area (TPSA) is 66.7 Å². The minimum absolute atomic E-state index is 0.0745. The molecule has 1 aliphatic heterocycles. The highest BCUT2D eigenvalue weighted by Crippen LogP contribution is 2.14. The molecule has 0 atom stereocenters. The number of nitrogens with zero attached hydrogens (tertiary/aromatic N) is 4. The maximum absolute atomic E-state index is 5.45. The number of guanidine groups is 1. The van der Waals surface area contributed by atoms with Gasteiger partial charge in [-0.3, -0.25) is 14.6 Å². The zero-order valence-electron chi connectivity index (χ0n) is 16.4. The Morgan fingerprint density at radius 2 is 2.00 bits per heavy atom. The van der Waals surface area contributed by atoms with Crippen molar-refractivity contribution in [3.63, 3.8) is 0 Å². The Labute approximate surface area is 151 Å². The summed E-state index contributed by atoms with van der Waals surface area (Å²) < 4.78 is 7.51. The van der Waals surface area contributed by atoms with E-state index in [1.807, 2.05) is 14.0 Å². The number of aryl methyl sites for hydroxylation is 3. The standard InChI is InChI=1S/C18H34N6O/c1-15-13-16(2)24(22-15)8-6-7-20-17(19-5)21-14-18(3,4)23-9-11-25-12-10-23/h13H,6-12,14H2,1-5H3,(H2,19,20,21). The summed E-state index contributed by atoms with van der Waals surface area (Å²) in [7, 11) is 1.82. The minimum Gasteiger partial charge on any atom is -0.379 e. The van der Waals surface area contributed by atoms with E-state index in [2.05, 4.69) is 57.1 Å². The molecule has 0 aromatic carbocycles. The zero-order valence-corrected chi connectivity index (χ0v) is 16.4. The summed E-state index contributed by atoms with van der Waals surface area (Å²) in [6.45, 7) is 14.9. The molecule has 0 amide bonds. The zero-order chi connectivity index (χ0) is 18.3. The van der Waals surface area contributed by atoms with Crippen LogP contribution in [0.15, 0.2) is 11.1 Å². The van der Waals surface area contributed by atoms with Crippen molar-refractivity contribution in [1.82, 2.24) is 25.3 Å². The van der Waals surface area contributed by atoms with Gasteiger partial charge in [-0.25, -0.2) is 0 Å². The number of rotatable bonds is 7. The third kappa shape index (κ3) is 6.01. The van der Waals surface area contributed by atoms with Crippen LogP contribution in [0.2, 0.25) is 0 Å². The number of hydrogen-bond acceptors (Lipinski definition) is 4.